The predicted molar refractivity (Wildman–Crippen MR) is 105 cm³/mol. The van der Waals surface area contributed by atoms with Crippen molar-refractivity contribution in [2.24, 2.45) is 0 Å². The zero-order valence-corrected chi connectivity index (χ0v) is 16.2. The molecule has 4 heterocycles. The number of hydrogen-bond acceptors (Lipinski definition) is 5. The molecule has 2 bridgehead atoms. The standard InChI is InChI=1S/C22H18F4N4O/c23-14-3-1-13(2-4-14)21-10-9-15(12-27-21)28-18-11-16(5-6-17(18)21)31-20-8-7-19(29-30-20)22(24,25)26/h1-8,11,15,27-28H,9-10,12H2. The number of piperidine rings is 1. The number of anilines is 1. The molecule has 31 heavy (non-hydrogen) atoms. The number of alkyl halides is 3. The van der Waals surface area contributed by atoms with Crippen LogP contribution in [0.3, 0.4) is 0 Å². The minimum atomic E-state index is -4.56. The van der Waals surface area contributed by atoms with Gasteiger partial charge < -0.3 is 15.4 Å². The number of benzene rings is 2. The Morgan fingerprint density at radius 1 is 1.00 bits per heavy atom. The number of halogens is 4. The maximum absolute atomic E-state index is 13.5. The average Bonchev–Trinajstić information content (AvgIpc) is 3.00. The summed E-state index contributed by atoms with van der Waals surface area (Å²) >= 11 is 0. The Balaban J connectivity index is 1.48. The first-order chi connectivity index (χ1) is 14.8. The molecule has 1 aromatic heterocycles. The number of aromatic nitrogens is 2. The van der Waals surface area contributed by atoms with Crippen LogP contribution < -0.4 is 15.4 Å². The van der Waals surface area contributed by atoms with Gasteiger partial charge in [-0.1, -0.05) is 18.2 Å². The van der Waals surface area contributed by atoms with Crippen molar-refractivity contribution in [1.29, 1.82) is 0 Å². The van der Waals surface area contributed by atoms with Crippen molar-refractivity contribution >= 4 is 5.69 Å². The van der Waals surface area contributed by atoms with E-state index < -0.39 is 17.4 Å². The number of nitrogens with one attached hydrogen (secondary N) is 2. The van der Waals surface area contributed by atoms with Crippen LogP contribution in [0.1, 0.15) is 29.7 Å². The lowest BCUT2D eigenvalue weighted by atomic mass is 9.77. The summed E-state index contributed by atoms with van der Waals surface area (Å²) in [6, 6.07) is 14.1. The second-order valence-electron chi connectivity index (χ2n) is 7.74. The van der Waals surface area contributed by atoms with Crippen molar-refractivity contribution < 1.29 is 22.3 Å². The molecule has 0 amide bonds. The van der Waals surface area contributed by atoms with E-state index in [9.17, 15) is 17.6 Å². The first-order valence-electron chi connectivity index (χ1n) is 9.84. The Hall–Kier alpha value is -3.20. The predicted octanol–water partition coefficient (Wildman–Crippen LogP) is 4.85. The monoisotopic (exact) mass is 430 g/mol. The van der Waals surface area contributed by atoms with Gasteiger partial charge in [-0.2, -0.15) is 13.2 Å². The van der Waals surface area contributed by atoms with Crippen LogP contribution in [0.15, 0.2) is 54.6 Å². The van der Waals surface area contributed by atoms with Crippen molar-refractivity contribution in [3.63, 3.8) is 0 Å². The molecule has 3 aromatic rings. The van der Waals surface area contributed by atoms with Crippen LogP contribution in [0.5, 0.6) is 11.6 Å². The minimum Gasteiger partial charge on any atom is -0.437 e. The quantitative estimate of drug-likeness (QED) is 0.582. The molecule has 3 aliphatic heterocycles. The Morgan fingerprint density at radius 2 is 1.81 bits per heavy atom. The van der Waals surface area contributed by atoms with Crippen molar-refractivity contribution in [2.45, 2.75) is 30.6 Å². The van der Waals surface area contributed by atoms with E-state index in [1.807, 2.05) is 6.07 Å². The van der Waals surface area contributed by atoms with Crippen LogP contribution in [0.4, 0.5) is 23.2 Å². The molecule has 1 saturated heterocycles. The molecule has 0 spiro atoms. The van der Waals surface area contributed by atoms with Gasteiger partial charge in [0, 0.05) is 36.0 Å². The van der Waals surface area contributed by atoms with Crippen LogP contribution in [0.25, 0.3) is 0 Å². The maximum Gasteiger partial charge on any atom is 0.435 e. The van der Waals surface area contributed by atoms with Gasteiger partial charge in [0.15, 0.2) is 5.69 Å². The number of nitrogens with zero attached hydrogens (tertiary/aromatic N) is 2. The van der Waals surface area contributed by atoms with E-state index in [1.165, 1.54) is 12.1 Å². The lowest BCUT2D eigenvalue weighted by molar-refractivity contribution is -0.141. The van der Waals surface area contributed by atoms with Crippen LogP contribution in [0.2, 0.25) is 0 Å². The van der Waals surface area contributed by atoms with Crippen LogP contribution >= 0.6 is 0 Å². The summed E-state index contributed by atoms with van der Waals surface area (Å²) in [5.41, 5.74) is 1.29. The molecule has 1 fully saturated rings. The van der Waals surface area contributed by atoms with Crippen molar-refractivity contribution in [1.82, 2.24) is 15.5 Å². The molecule has 9 heteroatoms. The average molecular weight is 430 g/mol. The second-order valence-corrected chi connectivity index (χ2v) is 7.74. The first kappa shape index (κ1) is 19.7. The fraction of sp³-hybridized carbons (Fsp3) is 0.273. The number of rotatable bonds is 3. The van der Waals surface area contributed by atoms with Crippen LogP contribution in [-0.2, 0) is 11.7 Å². The summed E-state index contributed by atoms with van der Waals surface area (Å²) < 4.78 is 57.2. The summed E-state index contributed by atoms with van der Waals surface area (Å²) in [5, 5.41) is 13.8. The molecular formula is C22H18F4N4O. The van der Waals surface area contributed by atoms with Crippen LogP contribution in [-0.4, -0.2) is 22.8 Å². The molecule has 160 valence electrons. The topological polar surface area (TPSA) is 59.1 Å². The summed E-state index contributed by atoms with van der Waals surface area (Å²) in [6.07, 6.45) is -2.78. The third kappa shape index (κ3) is 3.59. The Morgan fingerprint density at radius 3 is 2.45 bits per heavy atom. The summed E-state index contributed by atoms with van der Waals surface area (Å²) in [6.45, 7) is 0.743. The fourth-order valence-electron chi connectivity index (χ4n) is 4.31. The summed E-state index contributed by atoms with van der Waals surface area (Å²) in [4.78, 5) is 0. The van der Waals surface area contributed by atoms with Gasteiger partial charge >= 0.3 is 6.18 Å². The van der Waals surface area contributed by atoms with Gasteiger partial charge in [-0.3, -0.25) is 0 Å². The Kier molecular flexibility index (Phi) is 4.58. The van der Waals surface area contributed by atoms with Gasteiger partial charge in [-0.25, -0.2) is 4.39 Å². The highest BCUT2D eigenvalue weighted by atomic mass is 19.4. The van der Waals surface area contributed by atoms with Gasteiger partial charge in [-0.05, 0) is 42.7 Å². The van der Waals surface area contributed by atoms with Crippen molar-refractivity contribution in [3.05, 3.63) is 77.2 Å². The molecule has 2 aromatic carbocycles. The first-order valence-corrected chi connectivity index (χ1v) is 9.84. The van der Waals surface area contributed by atoms with E-state index in [-0.39, 0.29) is 17.7 Å². The number of hydrogen-bond donors (Lipinski definition) is 2. The van der Waals surface area contributed by atoms with E-state index in [0.29, 0.717) is 5.75 Å². The highest BCUT2D eigenvalue weighted by Gasteiger charge is 2.42. The summed E-state index contributed by atoms with van der Waals surface area (Å²) in [5.74, 6) is 0.106. The van der Waals surface area contributed by atoms with Gasteiger partial charge in [0.2, 0.25) is 5.88 Å². The zero-order chi connectivity index (χ0) is 21.6. The molecule has 5 nitrogen and oxygen atoms in total. The van der Waals surface area contributed by atoms with Gasteiger partial charge in [0.05, 0.1) is 5.54 Å². The lowest BCUT2D eigenvalue weighted by Crippen LogP contribution is -2.50. The second kappa shape index (κ2) is 7.19. The van der Waals surface area contributed by atoms with E-state index in [1.54, 1.807) is 24.3 Å². The third-order valence-corrected chi connectivity index (χ3v) is 5.82. The van der Waals surface area contributed by atoms with Crippen molar-refractivity contribution in [2.75, 3.05) is 11.9 Å². The van der Waals surface area contributed by atoms with E-state index in [4.69, 9.17) is 4.74 Å². The molecule has 0 saturated carbocycles. The molecule has 3 aliphatic rings. The number of ether oxygens (including phenoxy) is 1. The zero-order valence-electron chi connectivity index (χ0n) is 16.2. The summed E-state index contributed by atoms with van der Waals surface area (Å²) in [7, 11) is 0. The molecular weight excluding hydrogens is 412 g/mol. The van der Waals surface area contributed by atoms with E-state index in [0.717, 1.165) is 48.3 Å². The van der Waals surface area contributed by atoms with Gasteiger partial charge in [0.25, 0.3) is 0 Å². The van der Waals surface area contributed by atoms with Crippen molar-refractivity contribution in [3.8, 4) is 11.6 Å². The molecule has 6 rings (SSSR count). The Bertz CT molecular complexity index is 1090. The smallest absolute Gasteiger partial charge is 0.435 e. The normalized spacial score (nSPS) is 22.4. The van der Waals surface area contributed by atoms with Gasteiger partial charge in [-0.15, -0.1) is 10.2 Å². The SMILES string of the molecule is Fc1ccc(C23CCC(CN2)Nc2cc(Oc4ccc(C(F)(F)F)nn4)ccc23)cc1. The van der Waals surface area contributed by atoms with E-state index in [2.05, 4.69) is 20.8 Å². The minimum absolute atomic E-state index is 0.0316. The highest BCUT2D eigenvalue weighted by Crippen LogP contribution is 2.45. The van der Waals surface area contributed by atoms with Gasteiger partial charge in [0.1, 0.15) is 11.6 Å². The lowest BCUT2D eigenvalue weighted by Gasteiger charge is -2.39. The largest absolute Gasteiger partial charge is 0.437 e. The molecule has 2 atom stereocenters. The molecule has 0 aliphatic carbocycles. The third-order valence-electron chi connectivity index (χ3n) is 5.82. The fourth-order valence-corrected chi connectivity index (χ4v) is 4.31. The molecule has 0 radical (unpaired) electrons. The molecule has 2 N–H and O–H groups in total. The van der Waals surface area contributed by atoms with Crippen LogP contribution in [0, 0.1) is 5.82 Å². The Labute approximate surface area is 175 Å². The highest BCUT2D eigenvalue weighted by molar-refractivity contribution is 5.63. The maximum atomic E-state index is 13.5. The number of fused-ring (bicyclic) bond motifs is 2. The molecule has 2 unspecified atom stereocenters. The van der Waals surface area contributed by atoms with E-state index >= 15 is 0 Å².